The molecule has 4 nitrogen and oxygen atoms in total. The molecule has 1 aromatic heterocycles. The Hall–Kier alpha value is -1.85. The number of aromatic nitrogens is 1. The Morgan fingerprint density at radius 1 is 1.13 bits per heavy atom. The molecule has 1 aliphatic carbocycles. The first kappa shape index (κ1) is 22.3. The Kier molecular flexibility index (Phi) is 7.34. The molecular weight excluding hydrogens is 424 g/mol. The van der Waals surface area contributed by atoms with Crippen LogP contribution in [0.15, 0.2) is 42.6 Å². The Bertz CT molecular complexity index is 862. The van der Waals surface area contributed by atoms with Gasteiger partial charge in [-0.3, -0.25) is 0 Å². The van der Waals surface area contributed by atoms with Crippen molar-refractivity contribution in [2.24, 2.45) is 5.92 Å². The highest BCUT2D eigenvalue weighted by atomic mass is 35.5. The van der Waals surface area contributed by atoms with Gasteiger partial charge in [0.2, 0.25) is 0 Å². The summed E-state index contributed by atoms with van der Waals surface area (Å²) < 4.78 is 0. The maximum Gasteiger partial charge on any atom is 0.170 e. The van der Waals surface area contributed by atoms with E-state index in [-0.39, 0.29) is 5.41 Å². The third-order valence-corrected chi connectivity index (χ3v) is 7.34. The number of halogens is 1. The van der Waals surface area contributed by atoms with Crippen molar-refractivity contribution in [2.45, 2.75) is 57.3 Å². The highest BCUT2D eigenvalue weighted by Crippen LogP contribution is 2.39. The molecule has 6 heteroatoms. The smallest absolute Gasteiger partial charge is 0.170 e. The van der Waals surface area contributed by atoms with E-state index in [9.17, 15) is 0 Å². The van der Waals surface area contributed by atoms with Gasteiger partial charge in [0, 0.05) is 30.1 Å². The van der Waals surface area contributed by atoms with E-state index >= 15 is 0 Å². The van der Waals surface area contributed by atoms with Crippen LogP contribution in [-0.4, -0.2) is 29.7 Å². The van der Waals surface area contributed by atoms with E-state index < -0.39 is 0 Å². The summed E-state index contributed by atoms with van der Waals surface area (Å²) in [5.74, 6) is 1.79. The van der Waals surface area contributed by atoms with Gasteiger partial charge in [0.1, 0.15) is 5.82 Å². The fourth-order valence-electron chi connectivity index (χ4n) is 5.07. The molecule has 0 bridgehead atoms. The summed E-state index contributed by atoms with van der Waals surface area (Å²) in [6, 6.07) is 12.5. The van der Waals surface area contributed by atoms with Crippen molar-refractivity contribution in [2.75, 3.05) is 29.9 Å². The zero-order valence-electron chi connectivity index (χ0n) is 18.4. The summed E-state index contributed by atoms with van der Waals surface area (Å²) in [6.07, 6.45) is 10.6. The van der Waals surface area contributed by atoms with Crippen LogP contribution in [0.1, 0.15) is 57.4 Å². The van der Waals surface area contributed by atoms with Crippen LogP contribution < -0.4 is 15.5 Å². The summed E-state index contributed by atoms with van der Waals surface area (Å²) >= 11 is 11.7. The SMILES string of the molecule is CC1CCCN(c2ccc(NC(=S)NCC3(c4ccc(Cl)cc4)CCCCC3)cn2)C1. The van der Waals surface area contributed by atoms with Gasteiger partial charge < -0.3 is 15.5 Å². The van der Waals surface area contributed by atoms with Crippen molar-refractivity contribution in [1.82, 2.24) is 10.3 Å². The molecule has 1 aromatic carbocycles. The largest absolute Gasteiger partial charge is 0.362 e. The minimum atomic E-state index is 0.113. The lowest BCUT2D eigenvalue weighted by Crippen LogP contribution is -2.43. The van der Waals surface area contributed by atoms with Crippen molar-refractivity contribution < 1.29 is 0 Å². The molecule has 0 amide bonds. The van der Waals surface area contributed by atoms with Gasteiger partial charge >= 0.3 is 0 Å². The number of pyridine rings is 1. The van der Waals surface area contributed by atoms with Gasteiger partial charge in [-0.1, -0.05) is 49.9 Å². The van der Waals surface area contributed by atoms with Crippen molar-refractivity contribution in [3.63, 3.8) is 0 Å². The van der Waals surface area contributed by atoms with Gasteiger partial charge in [-0.15, -0.1) is 0 Å². The average molecular weight is 457 g/mol. The topological polar surface area (TPSA) is 40.2 Å². The Morgan fingerprint density at radius 3 is 2.58 bits per heavy atom. The van der Waals surface area contributed by atoms with Crippen LogP contribution in [0.2, 0.25) is 5.02 Å². The second-order valence-corrected chi connectivity index (χ2v) is 10.1. The number of anilines is 2. The maximum absolute atomic E-state index is 6.13. The summed E-state index contributed by atoms with van der Waals surface area (Å²) in [7, 11) is 0. The molecular formula is C25H33ClN4S. The minimum Gasteiger partial charge on any atom is -0.362 e. The fourth-order valence-corrected chi connectivity index (χ4v) is 5.38. The van der Waals surface area contributed by atoms with Gasteiger partial charge in [0.25, 0.3) is 0 Å². The van der Waals surface area contributed by atoms with Crippen LogP contribution in [0, 0.1) is 5.92 Å². The van der Waals surface area contributed by atoms with Crippen molar-refractivity contribution in [1.29, 1.82) is 0 Å². The molecule has 1 atom stereocenters. The summed E-state index contributed by atoms with van der Waals surface area (Å²) in [6.45, 7) is 5.33. The number of hydrogen-bond acceptors (Lipinski definition) is 3. The molecule has 2 aliphatic rings. The quantitative estimate of drug-likeness (QED) is 0.527. The molecule has 2 N–H and O–H groups in total. The van der Waals surface area contributed by atoms with Crippen molar-refractivity contribution in [3.8, 4) is 0 Å². The van der Waals surface area contributed by atoms with E-state index in [1.807, 2.05) is 18.3 Å². The van der Waals surface area contributed by atoms with Crippen LogP contribution in [0.3, 0.4) is 0 Å². The van der Waals surface area contributed by atoms with E-state index in [4.69, 9.17) is 23.8 Å². The van der Waals surface area contributed by atoms with E-state index in [1.165, 1.54) is 50.5 Å². The zero-order chi connectivity index (χ0) is 21.7. The molecule has 1 saturated heterocycles. The van der Waals surface area contributed by atoms with E-state index in [0.29, 0.717) is 5.11 Å². The zero-order valence-corrected chi connectivity index (χ0v) is 19.9. The predicted molar refractivity (Wildman–Crippen MR) is 135 cm³/mol. The molecule has 166 valence electrons. The monoisotopic (exact) mass is 456 g/mol. The van der Waals surface area contributed by atoms with Gasteiger partial charge in [-0.2, -0.15) is 0 Å². The van der Waals surface area contributed by atoms with Crippen LogP contribution in [0.4, 0.5) is 11.5 Å². The number of rotatable bonds is 5. The molecule has 1 unspecified atom stereocenters. The summed E-state index contributed by atoms with van der Waals surface area (Å²) in [5, 5.41) is 8.24. The molecule has 31 heavy (non-hydrogen) atoms. The lowest BCUT2D eigenvalue weighted by molar-refractivity contribution is 0.292. The van der Waals surface area contributed by atoms with Gasteiger partial charge in [-0.05, 0) is 73.6 Å². The second-order valence-electron chi connectivity index (χ2n) is 9.25. The maximum atomic E-state index is 6.13. The lowest BCUT2D eigenvalue weighted by Gasteiger charge is -2.38. The number of hydrogen-bond donors (Lipinski definition) is 2. The van der Waals surface area contributed by atoms with Gasteiger partial charge in [-0.25, -0.2) is 4.98 Å². The summed E-state index contributed by atoms with van der Waals surface area (Å²) in [4.78, 5) is 7.06. The van der Waals surface area contributed by atoms with Crippen LogP contribution in [-0.2, 0) is 5.41 Å². The third kappa shape index (κ3) is 5.69. The molecule has 1 aliphatic heterocycles. The van der Waals surface area contributed by atoms with Gasteiger partial charge in [0.05, 0.1) is 11.9 Å². The van der Waals surface area contributed by atoms with Crippen LogP contribution in [0.5, 0.6) is 0 Å². The normalized spacial score (nSPS) is 20.8. The summed E-state index contributed by atoms with van der Waals surface area (Å²) in [5.41, 5.74) is 2.39. The number of thiocarbonyl (C=S) groups is 1. The van der Waals surface area contributed by atoms with E-state index in [0.717, 1.165) is 42.1 Å². The Balaban J connectivity index is 1.35. The lowest BCUT2D eigenvalue weighted by atomic mass is 9.69. The Labute approximate surface area is 196 Å². The molecule has 0 radical (unpaired) electrons. The van der Waals surface area contributed by atoms with Gasteiger partial charge in [0.15, 0.2) is 5.11 Å². The minimum absolute atomic E-state index is 0.113. The first-order valence-electron chi connectivity index (χ1n) is 11.6. The van der Waals surface area contributed by atoms with Crippen LogP contribution >= 0.6 is 23.8 Å². The highest BCUT2D eigenvalue weighted by molar-refractivity contribution is 7.80. The molecule has 1 saturated carbocycles. The van der Waals surface area contributed by atoms with Crippen LogP contribution in [0.25, 0.3) is 0 Å². The van der Waals surface area contributed by atoms with E-state index in [1.54, 1.807) is 0 Å². The third-order valence-electron chi connectivity index (χ3n) is 6.84. The molecule has 2 fully saturated rings. The molecule has 2 aromatic rings. The molecule has 2 heterocycles. The number of piperidine rings is 1. The second kappa shape index (κ2) is 10.2. The fraction of sp³-hybridized carbons (Fsp3) is 0.520. The molecule has 4 rings (SSSR count). The number of nitrogens with zero attached hydrogens (tertiary/aromatic N) is 2. The Morgan fingerprint density at radius 2 is 1.90 bits per heavy atom. The molecule has 0 spiro atoms. The van der Waals surface area contributed by atoms with Crippen molar-refractivity contribution in [3.05, 3.63) is 53.2 Å². The number of benzene rings is 1. The van der Waals surface area contributed by atoms with E-state index in [2.05, 4.69) is 51.7 Å². The number of nitrogens with one attached hydrogen (secondary N) is 2. The first-order chi connectivity index (χ1) is 15.0. The average Bonchev–Trinajstić information content (AvgIpc) is 2.79. The highest BCUT2D eigenvalue weighted by Gasteiger charge is 2.34. The predicted octanol–water partition coefficient (Wildman–Crippen LogP) is 6.16. The standard InChI is InChI=1S/C25H33ClN4S/c1-19-6-5-15-30(17-19)23-12-11-22(16-27-23)29-24(31)28-18-25(13-3-2-4-14-25)20-7-9-21(26)10-8-20/h7-12,16,19H,2-6,13-15,17-18H2,1H3,(H2,28,29,31). The first-order valence-corrected chi connectivity index (χ1v) is 12.3. The van der Waals surface area contributed by atoms with Crippen molar-refractivity contribution >= 4 is 40.4 Å².